The molecule has 1 unspecified atom stereocenters. The van der Waals surface area contributed by atoms with Crippen LogP contribution >= 0.6 is 0 Å². The summed E-state index contributed by atoms with van der Waals surface area (Å²) in [5.41, 5.74) is 6.81. The Balaban J connectivity index is 1.63. The fraction of sp³-hybridized carbons (Fsp3) is 0.333. The molecule has 3 aliphatic heterocycles. The van der Waals surface area contributed by atoms with E-state index in [-0.39, 0.29) is 5.54 Å². The lowest BCUT2D eigenvalue weighted by Gasteiger charge is -2.60. The second-order valence-corrected chi connectivity index (χ2v) is 9.38. The molecule has 2 bridgehead atoms. The number of anilines is 1. The lowest BCUT2D eigenvalue weighted by Crippen LogP contribution is -2.68. The van der Waals surface area contributed by atoms with Gasteiger partial charge in [-0.05, 0) is 69.5 Å². The summed E-state index contributed by atoms with van der Waals surface area (Å²) < 4.78 is 2.42. The van der Waals surface area contributed by atoms with Crippen molar-refractivity contribution >= 4 is 27.5 Å². The van der Waals surface area contributed by atoms with Gasteiger partial charge in [0.1, 0.15) is 0 Å². The van der Waals surface area contributed by atoms with Crippen LogP contribution in [0.2, 0.25) is 0 Å². The standard InChI is InChI=1S/C27H29N3/c1-19-17-26-23(18-25(19)30-20(2)28-15-13-27(30,3)14-16-28)22-11-7-8-12-24(22)29(26)21-9-5-4-6-10-21/h4-12,17-18,20H,13-16H2,1-3H3. The van der Waals surface area contributed by atoms with Crippen LogP contribution in [0.5, 0.6) is 0 Å². The zero-order chi connectivity index (χ0) is 20.5. The molecule has 3 aromatic carbocycles. The molecule has 4 aromatic rings. The first-order valence-corrected chi connectivity index (χ1v) is 11.2. The van der Waals surface area contributed by atoms with Crippen molar-refractivity contribution in [3.63, 3.8) is 0 Å². The van der Waals surface area contributed by atoms with Crippen molar-refractivity contribution in [3.8, 4) is 5.69 Å². The Morgan fingerprint density at radius 3 is 2.27 bits per heavy atom. The van der Waals surface area contributed by atoms with Crippen LogP contribution in [-0.2, 0) is 0 Å². The van der Waals surface area contributed by atoms with Crippen LogP contribution in [0.3, 0.4) is 0 Å². The third-order valence-electron chi connectivity index (χ3n) is 7.62. The first-order valence-electron chi connectivity index (χ1n) is 11.2. The second-order valence-electron chi connectivity index (χ2n) is 9.38. The van der Waals surface area contributed by atoms with Crippen molar-refractivity contribution in [2.24, 2.45) is 0 Å². The van der Waals surface area contributed by atoms with Crippen LogP contribution in [0.4, 0.5) is 5.69 Å². The van der Waals surface area contributed by atoms with Gasteiger partial charge in [-0.25, -0.2) is 0 Å². The summed E-state index contributed by atoms with van der Waals surface area (Å²) in [7, 11) is 0. The van der Waals surface area contributed by atoms with Gasteiger partial charge < -0.3 is 9.47 Å². The smallest absolute Gasteiger partial charge is 0.0798 e. The topological polar surface area (TPSA) is 11.4 Å². The molecule has 3 heteroatoms. The lowest BCUT2D eigenvalue weighted by molar-refractivity contribution is 0.0486. The predicted molar refractivity (Wildman–Crippen MR) is 127 cm³/mol. The Morgan fingerprint density at radius 1 is 0.833 bits per heavy atom. The number of aromatic nitrogens is 1. The number of piperidine rings is 1. The maximum Gasteiger partial charge on any atom is 0.0798 e. The van der Waals surface area contributed by atoms with Crippen molar-refractivity contribution in [1.82, 2.24) is 9.47 Å². The van der Waals surface area contributed by atoms with E-state index in [0.717, 1.165) is 0 Å². The van der Waals surface area contributed by atoms with Gasteiger partial charge in [-0.15, -0.1) is 0 Å². The Kier molecular flexibility index (Phi) is 3.82. The van der Waals surface area contributed by atoms with Gasteiger partial charge in [0.25, 0.3) is 0 Å². The molecule has 30 heavy (non-hydrogen) atoms. The highest BCUT2D eigenvalue weighted by atomic mass is 15.4. The van der Waals surface area contributed by atoms with Gasteiger partial charge in [-0.1, -0.05) is 36.4 Å². The predicted octanol–water partition coefficient (Wildman–Crippen LogP) is 6.11. The number of aryl methyl sites for hydroxylation is 1. The molecule has 1 atom stereocenters. The SMILES string of the molecule is Cc1cc2c(cc1N1C(C)N3CCC1(C)CC3)c1ccccc1n2-c1ccccc1. The van der Waals surface area contributed by atoms with Crippen LogP contribution in [0.1, 0.15) is 32.3 Å². The van der Waals surface area contributed by atoms with Gasteiger partial charge in [0.2, 0.25) is 0 Å². The van der Waals surface area contributed by atoms with Gasteiger partial charge in [-0.3, -0.25) is 4.90 Å². The number of benzene rings is 3. The molecule has 3 nitrogen and oxygen atoms in total. The quantitative estimate of drug-likeness (QED) is 0.405. The molecule has 1 aromatic heterocycles. The molecule has 0 amide bonds. The van der Waals surface area contributed by atoms with Crippen molar-refractivity contribution in [3.05, 3.63) is 72.3 Å². The van der Waals surface area contributed by atoms with Crippen LogP contribution in [0.25, 0.3) is 27.5 Å². The Hall–Kier alpha value is -2.78. The summed E-state index contributed by atoms with van der Waals surface area (Å²) in [6.45, 7) is 9.59. The van der Waals surface area contributed by atoms with E-state index in [1.54, 1.807) is 0 Å². The normalized spacial score (nSPS) is 26.0. The Labute approximate surface area is 178 Å². The number of rotatable bonds is 2. The molecule has 7 rings (SSSR count). The highest BCUT2D eigenvalue weighted by Crippen LogP contribution is 2.44. The molecule has 152 valence electrons. The molecular weight excluding hydrogens is 366 g/mol. The molecule has 3 saturated heterocycles. The molecule has 0 spiro atoms. The third-order valence-corrected chi connectivity index (χ3v) is 7.62. The van der Waals surface area contributed by atoms with Gasteiger partial charge in [0, 0.05) is 40.8 Å². The van der Waals surface area contributed by atoms with E-state index in [0.29, 0.717) is 6.17 Å². The minimum atomic E-state index is 0.254. The Morgan fingerprint density at radius 2 is 1.53 bits per heavy atom. The largest absolute Gasteiger partial charge is 0.350 e. The summed E-state index contributed by atoms with van der Waals surface area (Å²) in [4.78, 5) is 5.35. The zero-order valence-corrected chi connectivity index (χ0v) is 18.1. The highest BCUT2D eigenvalue weighted by molar-refractivity contribution is 6.10. The zero-order valence-electron chi connectivity index (χ0n) is 18.1. The van der Waals surface area contributed by atoms with E-state index in [1.807, 2.05) is 0 Å². The van der Waals surface area contributed by atoms with Crippen molar-refractivity contribution < 1.29 is 0 Å². The summed E-state index contributed by atoms with van der Waals surface area (Å²) in [5.74, 6) is 0. The number of nitrogens with zero attached hydrogens (tertiary/aromatic N) is 3. The molecule has 0 aliphatic carbocycles. The molecule has 0 N–H and O–H groups in total. The summed E-state index contributed by atoms with van der Waals surface area (Å²) in [6, 6.07) is 24.4. The molecule has 3 fully saturated rings. The van der Waals surface area contributed by atoms with Gasteiger partial charge >= 0.3 is 0 Å². The fourth-order valence-corrected chi connectivity index (χ4v) is 5.95. The monoisotopic (exact) mass is 395 g/mol. The molecule has 4 heterocycles. The highest BCUT2D eigenvalue weighted by Gasteiger charge is 2.46. The number of fused-ring (bicyclic) bond motifs is 6. The van der Waals surface area contributed by atoms with E-state index in [9.17, 15) is 0 Å². The van der Waals surface area contributed by atoms with Gasteiger partial charge in [0.05, 0.1) is 17.2 Å². The molecule has 0 saturated carbocycles. The fourth-order valence-electron chi connectivity index (χ4n) is 5.95. The number of hydrogen-bond donors (Lipinski definition) is 0. The van der Waals surface area contributed by atoms with Gasteiger partial charge in [-0.2, -0.15) is 0 Å². The van der Waals surface area contributed by atoms with Gasteiger partial charge in [0.15, 0.2) is 0 Å². The minimum absolute atomic E-state index is 0.254. The van der Waals surface area contributed by atoms with Crippen molar-refractivity contribution in [2.75, 3.05) is 18.0 Å². The van der Waals surface area contributed by atoms with E-state index >= 15 is 0 Å². The van der Waals surface area contributed by atoms with Crippen LogP contribution in [-0.4, -0.2) is 34.3 Å². The lowest BCUT2D eigenvalue weighted by atomic mass is 9.82. The van der Waals surface area contributed by atoms with Crippen LogP contribution < -0.4 is 4.90 Å². The average Bonchev–Trinajstić information content (AvgIpc) is 3.07. The number of hydrogen-bond acceptors (Lipinski definition) is 2. The minimum Gasteiger partial charge on any atom is -0.350 e. The average molecular weight is 396 g/mol. The van der Waals surface area contributed by atoms with E-state index in [2.05, 4.69) is 102 Å². The summed E-state index contributed by atoms with van der Waals surface area (Å²) in [6.07, 6.45) is 2.96. The number of para-hydroxylation sites is 2. The first kappa shape index (κ1) is 18.0. The van der Waals surface area contributed by atoms with Crippen LogP contribution in [0, 0.1) is 6.92 Å². The molecule has 0 radical (unpaired) electrons. The van der Waals surface area contributed by atoms with E-state index in [4.69, 9.17) is 0 Å². The first-order chi connectivity index (χ1) is 14.6. The second kappa shape index (κ2) is 6.36. The summed E-state index contributed by atoms with van der Waals surface area (Å²) in [5, 5.41) is 2.68. The molecular formula is C27H29N3. The van der Waals surface area contributed by atoms with E-state index in [1.165, 1.54) is 64.7 Å². The summed E-state index contributed by atoms with van der Waals surface area (Å²) >= 11 is 0. The van der Waals surface area contributed by atoms with Crippen molar-refractivity contribution in [1.29, 1.82) is 0 Å². The molecule has 3 aliphatic rings. The third kappa shape index (κ3) is 2.42. The maximum atomic E-state index is 2.71. The van der Waals surface area contributed by atoms with Crippen molar-refractivity contribution in [2.45, 2.75) is 45.3 Å². The Bertz CT molecular complexity index is 1250. The maximum absolute atomic E-state index is 2.71. The van der Waals surface area contributed by atoms with Crippen LogP contribution in [0.15, 0.2) is 66.7 Å². The van der Waals surface area contributed by atoms with E-state index < -0.39 is 0 Å².